The van der Waals surface area contributed by atoms with Gasteiger partial charge < -0.3 is 10.2 Å². The lowest BCUT2D eigenvalue weighted by atomic mass is 10.1. The Morgan fingerprint density at radius 2 is 1.73 bits per heavy atom. The molecule has 0 amide bonds. The van der Waals surface area contributed by atoms with E-state index >= 15 is 0 Å². The van der Waals surface area contributed by atoms with Crippen LogP contribution in [0.1, 0.15) is 20.3 Å². The first kappa shape index (κ1) is 9.68. The summed E-state index contributed by atoms with van der Waals surface area (Å²) in [5, 5.41) is 17.3. The molecule has 0 rings (SSSR count). The Morgan fingerprint density at radius 3 is 1.82 bits per heavy atom. The molecule has 62 valence electrons. The lowest BCUT2D eigenvalue weighted by Gasteiger charge is -1.99. The Kier molecular flexibility index (Phi) is 3.30. The van der Waals surface area contributed by atoms with Gasteiger partial charge in [0.2, 0.25) is 0 Å². The number of Topliss-reactive ketones (excluding diaryl/α,β-unsaturated/α-hetero) is 1. The summed E-state index contributed by atoms with van der Waals surface area (Å²) in [5.74, 6) is -2.38. The minimum absolute atomic E-state index is 0.154. The van der Waals surface area contributed by atoms with E-state index in [9.17, 15) is 9.59 Å². The van der Waals surface area contributed by atoms with E-state index in [0.717, 1.165) is 6.92 Å². The second-order valence-electron chi connectivity index (χ2n) is 2.04. The first-order valence-corrected chi connectivity index (χ1v) is 3.17. The van der Waals surface area contributed by atoms with Crippen molar-refractivity contribution in [1.82, 2.24) is 0 Å². The minimum atomic E-state index is -1.38. The third-order valence-corrected chi connectivity index (χ3v) is 1.19. The highest BCUT2D eigenvalue weighted by atomic mass is 16.4. The number of hydrogen-bond acceptors (Lipinski definition) is 3. The lowest BCUT2D eigenvalue weighted by molar-refractivity contribution is -0.134. The van der Waals surface area contributed by atoms with Crippen LogP contribution in [0.15, 0.2) is 11.3 Å². The second-order valence-corrected chi connectivity index (χ2v) is 2.04. The summed E-state index contributed by atoms with van der Waals surface area (Å²) in [6.45, 7) is 2.68. The summed E-state index contributed by atoms with van der Waals surface area (Å²) in [6.07, 6.45) is 0.154. The van der Waals surface area contributed by atoms with Gasteiger partial charge in [-0.3, -0.25) is 4.79 Å². The van der Waals surface area contributed by atoms with Gasteiger partial charge in [-0.1, -0.05) is 6.92 Å². The van der Waals surface area contributed by atoms with E-state index in [-0.39, 0.29) is 12.2 Å². The number of carbonyl (C=O) groups excluding carboxylic acids is 1. The molecule has 4 nitrogen and oxygen atoms in total. The Bertz CT molecular complexity index is 198. The maximum atomic E-state index is 10.6. The molecule has 0 aliphatic carbocycles. The molecule has 2 N–H and O–H groups in total. The van der Waals surface area contributed by atoms with E-state index in [0.29, 0.717) is 0 Å². The number of hydrogen-bond donors (Lipinski definition) is 2. The highest BCUT2D eigenvalue weighted by Crippen LogP contribution is 2.06. The Labute approximate surface area is 64.2 Å². The number of rotatable bonds is 3. The molecule has 0 fully saturated rings. The molecule has 0 saturated carbocycles. The van der Waals surface area contributed by atoms with Crippen LogP contribution < -0.4 is 0 Å². The van der Waals surface area contributed by atoms with Crippen molar-refractivity contribution in [1.29, 1.82) is 0 Å². The average Bonchev–Trinajstić information content (AvgIpc) is 1.85. The summed E-state index contributed by atoms with van der Waals surface area (Å²) in [6, 6.07) is 0. The predicted octanol–water partition coefficient (Wildman–Crippen LogP) is 0.882. The van der Waals surface area contributed by atoms with Crippen LogP contribution in [0.2, 0.25) is 0 Å². The second kappa shape index (κ2) is 3.75. The minimum Gasteiger partial charge on any atom is -0.511 e. The Morgan fingerprint density at radius 1 is 1.27 bits per heavy atom. The summed E-state index contributed by atoms with van der Waals surface area (Å²) < 4.78 is 0. The molecule has 0 aromatic carbocycles. The van der Waals surface area contributed by atoms with Crippen molar-refractivity contribution < 1.29 is 19.8 Å². The number of aliphatic carboxylic acids is 1. The Hall–Kier alpha value is -1.32. The number of carboxylic acid groups (broad SMARTS) is 1. The zero-order chi connectivity index (χ0) is 9.02. The third kappa shape index (κ3) is 2.41. The Balaban J connectivity index is 4.88. The van der Waals surface area contributed by atoms with E-state index < -0.39 is 17.3 Å². The molecule has 0 saturated heterocycles. The summed E-state index contributed by atoms with van der Waals surface area (Å²) in [5.41, 5.74) is -0.521. The van der Waals surface area contributed by atoms with Gasteiger partial charge in [-0.25, -0.2) is 4.79 Å². The fourth-order valence-corrected chi connectivity index (χ4v) is 0.654. The summed E-state index contributed by atoms with van der Waals surface area (Å²) in [4.78, 5) is 20.9. The van der Waals surface area contributed by atoms with E-state index in [1.54, 1.807) is 6.92 Å². The number of aliphatic hydroxyl groups is 1. The van der Waals surface area contributed by atoms with Crippen molar-refractivity contribution in [3.05, 3.63) is 11.3 Å². The van der Waals surface area contributed by atoms with Gasteiger partial charge in [0.15, 0.2) is 5.78 Å². The SMILES string of the molecule is CC/C(O)=C(/C(C)=O)C(=O)O. The molecular weight excluding hydrogens is 148 g/mol. The molecule has 0 heterocycles. The first-order valence-electron chi connectivity index (χ1n) is 3.17. The topological polar surface area (TPSA) is 74.6 Å². The summed E-state index contributed by atoms with van der Waals surface area (Å²) >= 11 is 0. The molecule has 0 unspecified atom stereocenters. The fraction of sp³-hybridized carbons (Fsp3) is 0.429. The average molecular weight is 158 g/mol. The van der Waals surface area contributed by atoms with Crippen LogP contribution in [0.3, 0.4) is 0 Å². The quantitative estimate of drug-likeness (QED) is 0.277. The van der Waals surface area contributed by atoms with Crippen LogP contribution in [0.5, 0.6) is 0 Å². The van der Waals surface area contributed by atoms with Gasteiger partial charge in [0.25, 0.3) is 0 Å². The number of allylic oxidation sites excluding steroid dienone is 1. The normalized spacial score (nSPS) is 12.2. The molecule has 0 aromatic heterocycles. The molecule has 0 aliphatic rings. The van der Waals surface area contributed by atoms with E-state index in [4.69, 9.17) is 10.2 Å². The lowest BCUT2D eigenvalue weighted by Crippen LogP contribution is -2.11. The maximum absolute atomic E-state index is 10.6. The fourth-order valence-electron chi connectivity index (χ4n) is 0.654. The van der Waals surface area contributed by atoms with E-state index in [2.05, 4.69) is 0 Å². The predicted molar refractivity (Wildman–Crippen MR) is 38.3 cm³/mol. The van der Waals surface area contributed by atoms with Gasteiger partial charge in [-0.15, -0.1) is 0 Å². The molecule has 0 aromatic rings. The molecule has 0 radical (unpaired) electrons. The van der Waals surface area contributed by atoms with Crippen molar-refractivity contribution in [2.45, 2.75) is 20.3 Å². The number of ketones is 1. The van der Waals surface area contributed by atoms with Gasteiger partial charge in [-0.05, 0) is 6.92 Å². The van der Waals surface area contributed by atoms with E-state index in [1.807, 2.05) is 0 Å². The van der Waals surface area contributed by atoms with Gasteiger partial charge in [0, 0.05) is 6.42 Å². The van der Waals surface area contributed by atoms with Crippen molar-refractivity contribution in [2.24, 2.45) is 0 Å². The van der Waals surface area contributed by atoms with Crippen molar-refractivity contribution >= 4 is 11.8 Å². The zero-order valence-electron chi connectivity index (χ0n) is 6.42. The molecule has 0 aliphatic heterocycles. The largest absolute Gasteiger partial charge is 0.511 e. The number of carboxylic acids is 1. The van der Waals surface area contributed by atoms with Gasteiger partial charge in [-0.2, -0.15) is 0 Å². The van der Waals surface area contributed by atoms with Crippen LogP contribution in [-0.4, -0.2) is 22.0 Å². The van der Waals surface area contributed by atoms with Crippen molar-refractivity contribution in [3.63, 3.8) is 0 Å². The number of carbonyl (C=O) groups is 2. The molecule has 4 heteroatoms. The van der Waals surface area contributed by atoms with Crippen LogP contribution in [0, 0.1) is 0 Å². The number of aliphatic hydroxyl groups excluding tert-OH is 1. The first-order chi connectivity index (χ1) is 5.00. The van der Waals surface area contributed by atoms with E-state index in [1.165, 1.54) is 0 Å². The smallest absolute Gasteiger partial charge is 0.342 e. The monoisotopic (exact) mass is 158 g/mol. The van der Waals surface area contributed by atoms with Crippen molar-refractivity contribution in [2.75, 3.05) is 0 Å². The van der Waals surface area contributed by atoms with Crippen LogP contribution >= 0.6 is 0 Å². The zero-order valence-corrected chi connectivity index (χ0v) is 6.42. The molecular formula is C7H10O4. The standard InChI is InChI=1S/C7H10O4/c1-3-5(9)6(4(2)8)7(10)11/h9H,3H2,1-2H3,(H,10,11)/b6-5+. The van der Waals surface area contributed by atoms with Crippen LogP contribution in [0.4, 0.5) is 0 Å². The third-order valence-electron chi connectivity index (χ3n) is 1.19. The van der Waals surface area contributed by atoms with Gasteiger partial charge >= 0.3 is 5.97 Å². The van der Waals surface area contributed by atoms with Crippen molar-refractivity contribution in [3.8, 4) is 0 Å². The molecule has 11 heavy (non-hydrogen) atoms. The highest BCUT2D eigenvalue weighted by molar-refractivity contribution is 6.15. The maximum Gasteiger partial charge on any atom is 0.342 e. The molecule has 0 atom stereocenters. The van der Waals surface area contributed by atoms with Gasteiger partial charge in [0.05, 0.1) is 0 Å². The van der Waals surface area contributed by atoms with Crippen LogP contribution in [0.25, 0.3) is 0 Å². The summed E-state index contributed by atoms with van der Waals surface area (Å²) in [7, 11) is 0. The molecule has 0 bridgehead atoms. The van der Waals surface area contributed by atoms with Crippen LogP contribution in [-0.2, 0) is 9.59 Å². The highest BCUT2D eigenvalue weighted by Gasteiger charge is 2.17. The molecule has 0 spiro atoms. The van der Waals surface area contributed by atoms with Gasteiger partial charge in [0.1, 0.15) is 11.3 Å².